The summed E-state index contributed by atoms with van der Waals surface area (Å²) >= 11 is 1.34. The van der Waals surface area contributed by atoms with E-state index in [1.165, 1.54) is 28.8 Å². The number of hydrogen-bond donors (Lipinski definition) is 1. The average molecular weight is 341 g/mol. The molecule has 2 heterocycles. The van der Waals surface area contributed by atoms with E-state index in [9.17, 15) is 4.79 Å². The van der Waals surface area contributed by atoms with E-state index in [1.54, 1.807) is 6.92 Å². The van der Waals surface area contributed by atoms with Gasteiger partial charge in [-0.1, -0.05) is 6.07 Å². The van der Waals surface area contributed by atoms with E-state index < -0.39 is 0 Å². The van der Waals surface area contributed by atoms with Gasteiger partial charge in [-0.15, -0.1) is 11.3 Å². The van der Waals surface area contributed by atoms with Gasteiger partial charge in [-0.25, -0.2) is 14.8 Å². The van der Waals surface area contributed by atoms with Gasteiger partial charge in [-0.05, 0) is 56.5 Å². The van der Waals surface area contributed by atoms with Crippen molar-refractivity contribution in [3.8, 4) is 0 Å². The van der Waals surface area contributed by atoms with Gasteiger partial charge in [-0.2, -0.15) is 0 Å². The topological polar surface area (TPSA) is 64.1 Å². The van der Waals surface area contributed by atoms with Crippen LogP contribution in [0, 0.1) is 20.8 Å². The molecule has 0 unspecified atom stereocenters. The van der Waals surface area contributed by atoms with Crippen molar-refractivity contribution < 1.29 is 9.53 Å². The number of aromatic nitrogens is 2. The molecule has 0 saturated carbocycles. The summed E-state index contributed by atoms with van der Waals surface area (Å²) < 4.78 is 5.13. The van der Waals surface area contributed by atoms with E-state index in [2.05, 4.69) is 41.3 Å². The van der Waals surface area contributed by atoms with Crippen LogP contribution in [-0.4, -0.2) is 22.5 Å². The van der Waals surface area contributed by atoms with Crippen LogP contribution in [0.25, 0.3) is 10.2 Å². The molecular weight excluding hydrogens is 322 g/mol. The highest BCUT2D eigenvalue weighted by atomic mass is 32.1. The molecule has 1 aromatic carbocycles. The molecule has 0 radical (unpaired) electrons. The van der Waals surface area contributed by atoms with Crippen molar-refractivity contribution >= 4 is 39.0 Å². The molecule has 0 fully saturated rings. The number of nitrogens with one attached hydrogen (secondary N) is 1. The third kappa shape index (κ3) is 2.97. The molecule has 3 rings (SSSR count). The Morgan fingerprint density at radius 3 is 2.71 bits per heavy atom. The third-order valence-corrected chi connectivity index (χ3v) is 5.14. The van der Waals surface area contributed by atoms with Crippen LogP contribution >= 0.6 is 11.3 Å². The molecule has 0 aliphatic rings. The van der Waals surface area contributed by atoms with Gasteiger partial charge in [0.1, 0.15) is 21.9 Å². The van der Waals surface area contributed by atoms with E-state index >= 15 is 0 Å². The van der Waals surface area contributed by atoms with E-state index in [0.717, 1.165) is 21.5 Å². The molecule has 0 aliphatic carbocycles. The van der Waals surface area contributed by atoms with E-state index in [0.29, 0.717) is 17.3 Å². The van der Waals surface area contributed by atoms with E-state index in [4.69, 9.17) is 4.74 Å². The number of hydrogen-bond acceptors (Lipinski definition) is 6. The minimum absolute atomic E-state index is 0.310. The van der Waals surface area contributed by atoms with Gasteiger partial charge in [0.15, 0.2) is 0 Å². The molecular formula is C18H19N3O2S. The first kappa shape index (κ1) is 16.4. The minimum atomic E-state index is -0.310. The first-order valence-electron chi connectivity index (χ1n) is 7.76. The van der Waals surface area contributed by atoms with Gasteiger partial charge in [0.25, 0.3) is 0 Å². The van der Waals surface area contributed by atoms with Gasteiger partial charge >= 0.3 is 5.97 Å². The fraction of sp³-hybridized carbons (Fsp3) is 0.278. The number of anilines is 2. The number of thiophene rings is 1. The molecule has 5 nitrogen and oxygen atoms in total. The summed E-state index contributed by atoms with van der Waals surface area (Å²) in [6.45, 7) is 8.21. The fourth-order valence-corrected chi connectivity index (χ4v) is 3.56. The zero-order valence-electron chi connectivity index (χ0n) is 14.1. The van der Waals surface area contributed by atoms with E-state index in [1.807, 2.05) is 13.0 Å². The number of rotatable bonds is 4. The standard InChI is InChI=1S/C18H19N3O2S/c1-5-23-18(22)15-12(4)14-16(19-9-20-17(14)24-15)21-13-7-6-10(2)11(3)8-13/h6-9H,5H2,1-4H3,(H,19,20,21). The van der Waals surface area contributed by atoms with Gasteiger partial charge in [0.05, 0.1) is 12.0 Å². The van der Waals surface area contributed by atoms with Crippen LogP contribution in [0.15, 0.2) is 24.5 Å². The lowest BCUT2D eigenvalue weighted by molar-refractivity contribution is 0.0531. The van der Waals surface area contributed by atoms with E-state index in [-0.39, 0.29) is 5.97 Å². The predicted molar refractivity (Wildman–Crippen MR) is 97.3 cm³/mol. The van der Waals surface area contributed by atoms with Crippen LogP contribution in [0.1, 0.15) is 33.3 Å². The second kappa shape index (κ2) is 6.57. The second-order valence-corrected chi connectivity index (χ2v) is 6.60. The number of aryl methyl sites for hydroxylation is 3. The Labute approximate surface area is 144 Å². The van der Waals surface area contributed by atoms with Crippen molar-refractivity contribution in [3.63, 3.8) is 0 Å². The summed E-state index contributed by atoms with van der Waals surface area (Å²) in [5, 5.41) is 4.21. The number of fused-ring (bicyclic) bond motifs is 1. The van der Waals surface area contributed by atoms with Gasteiger partial charge in [-0.3, -0.25) is 0 Å². The lowest BCUT2D eigenvalue weighted by Gasteiger charge is -2.09. The van der Waals surface area contributed by atoms with Gasteiger partial charge in [0.2, 0.25) is 0 Å². The summed E-state index contributed by atoms with van der Waals surface area (Å²) in [4.78, 5) is 22.1. The number of benzene rings is 1. The maximum Gasteiger partial charge on any atom is 0.348 e. The molecule has 0 amide bonds. The normalized spacial score (nSPS) is 10.8. The van der Waals surface area contributed by atoms with Crippen LogP contribution in [0.3, 0.4) is 0 Å². The quantitative estimate of drug-likeness (QED) is 0.706. The summed E-state index contributed by atoms with van der Waals surface area (Å²) in [7, 11) is 0. The maximum atomic E-state index is 12.1. The largest absolute Gasteiger partial charge is 0.462 e. The molecule has 0 spiro atoms. The molecule has 24 heavy (non-hydrogen) atoms. The maximum absolute atomic E-state index is 12.1. The summed E-state index contributed by atoms with van der Waals surface area (Å²) in [5.74, 6) is 0.391. The SMILES string of the molecule is CCOC(=O)c1sc2ncnc(Nc3ccc(C)c(C)c3)c2c1C. The lowest BCUT2D eigenvalue weighted by Crippen LogP contribution is -2.03. The third-order valence-electron chi connectivity index (χ3n) is 3.96. The Kier molecular flexibility index (Phi) is 4.49. The predicted octanol–water partition coefficient (Wildman–Crippen LogP) is 4.54. The first-order valence-corrected chi connectivity index (χ1v) is 8.58. The number of ether oxygens (including phenoxy) is 1. The second-order valence-electron chi connectivity index (χ2n) is 5.60. The fourth-order valence-electron chi connectivity index (χ4n) is 2.51. The Morgan fingerprint density at radius 2 is 2.00 bits per heavy atom. The number of esters is 1. The average Bonchev–Trinajstić information content (AvgIpc) is 2.89. The smallest absolute Gasteiger partial charge is 0.348 e. The number of carbonyl (C=O) groups excluding carboxylic acids is 1. The Balaban J connectivity index is 2.05. The van der Waals surface area contributed by atoms with Crippen LogP contribution in [0.2, 0.25) is 0 Å². The monoisotopic (exact) mass is 341 g/mol. The van der Waals surface area contributed by atoms with Gasteiger partial charge in [0, 0.05) is 5.69 Å². The summed E-state index contributed by atoms with van der Waals surface area (Å²) in [5.41, 5.74) is 4.26. The van der Waals surface area contributed by atoms with Crippen molar-refractivity contribution in [1.29, 1.82) is 0 Å². The summed E-state index contributed by atoms with van der Waals surface area (Å²) in [6, 6.07) is 6.17. The van der Waals surface area contributed by atoms with Crippen LogP contribution < -0.4 is 5.32 Å². The molecule has 1 N–H and O–H groups in total. The highest BCUT2D eigenvalue weighted by molar-refractivity contribution is 7.20. The van der Waals surface area contributed by atoms with Crippen molar-refractivity contribution in [3.05, 3.63) is 46.1 Å². The molecule has 0 saturated heterocycles. The summed E-state index contributed by atoms with van der Waals surface area (Å²) in [6.07, 6.45) is 1.51. The van der Waals surface area contributed by atoms with Crippen LogP contribution in [0.4, 0.5) is 11.5 Å². The zero-order chi connectivity index (χ0) is 17.3. The first-order chi connectivity index (χ1) is 11.5. The Morgan fingerprint density at radius 1 is 1.21 bits per heavy atom. The highest BCUT2D eigenvalue weighted by Crippen LogP contribution is 2.35. The van der Waals surface area contributed by atoms with Crippen molar-refractivity contribution in [2.75, 3.05) is 11.9 Å². The van der Waals surface area contributed by atoms with Crippen molar-refractivity contribution in [2.45, 2.75) is 27.7 Å². The molecule has 0 atom stereocenters. The van der Waals surface area contributed by atoms with Gasteiger partial charge < -0.3 is 10.1 Å². The van der Waals surface area contributed by atoms with Crippen LogP contribution in [-0.2, 0) is 4.74 Å². The highest BCUT2D eigenvalue weighted by Gasteiger charge is 2.20. The zero-order valence-corrected chi connectivity index (χ0v) is 15.0. The Hall–Kier alpha value is -2.47. The van der Waals surface area contributed by atoms with Crippen molar-refractivity contribution in [2.24, 2.45) is 0 Å². The van der Waals surface area contributed by atoms with Crippen molar-refractivity contribution in [1.82, 2.24) is 9.97 Å². The Bertz CT molecular complexity index is 918. The molecule has 2 aromatic heterocycles. The lowest BCUT2D eigenvalue weighted by atomic mass is 10.1. The number of carbonyl (C=O) groups is 1. The van der Waals surface area contributed by atoms with Crippen LogP contribution in [0.5, 0.6) is 0 Å². The molecule has 6 heteroatoms. The molecule has 124 valence electrons. The molecule has 3 aromatic rings. The number of nitrogens with zero attached hydrogens (tertiary/aromatic N) is 2. The molecule has 0 bridgehead atoms. The minimum Gasteiger partial charge on any atom is -0.462 e. The molecule has 0 aliphatic heterocycles.